The summed E-state index contributed by atoms with van der Waals surface area (Å²) in [6.07, 6.45) is 5.04. The molecule has 0 aliphatic heterocycles. The average Bonchev–Trinajstić information content (AvgIpc) is 2.55. The predicted octanol–water partition coefficient (Wildman–Crippen LogP) is 1.46. The summed E-state index contributed by atoms with van der Waals surface area (Å²) in [5.74, 6) is -1.89. The molecule has 2 fully saturated rings. The van der Waals surface area contributed by atoms with Gasteiger partial charge in [-0.2, -0.15) is 0 Å². The van der Waals surface area contributed by atoms with Crippen LogP contribution in [0.4, 0.5) is 0 Å². The van der Waals surface area contributed by atoms with Gasteiger partial charge in [-0.25, -0.2) is 9.59 Å². The van der Waals surface area contributed by atoms with Gasteiger partial charge in [0.25, 0.3) is 0 Å². The maximum atomic E-state index is 11.8. The highest BCUT2D eigenvalue weighted by atomic mass is 16.6. The number of hydrogen-bond acceptors (Lipinski definition) is 6. The van der Waals surface area contributed by atoms with Crippen molar-refractivity contribution in [3.8, 4) is 0 Å². The van der Waals surface area contributed by atoms with Crippen molar-refractivity contribution in [2.75, 3.05) is 0 Å². The smallest absolute Gasteiger partial charge is 0.338 e. The predicted molar refractivity (Wildman–Crippen MR) is 77.9 cm³/mol. The number of esters is 2. The molecule has 0 radical (unpaired) electrons. The molecule has 6 nitrogen and oxygen atoms in total. The lowest BCUT2D eigenvalue weighted by Gasteiger charge is -2.26. The van der Waals surface area contributed by atoms with Crippen molar-refractivity contribution in [3.63, 3.8) is 0 Å². The van der Waals surface area contributed by atoms with Crippen LogP contribution in [0.15, 0.2) is 0 Å². The standard InChI is InChI=1S/C16H26O6/c17-13(15(19)21-11-7-3-1-4-8-11)14(18)16(20)22-12-9-5-2-6-10-12/h11-14,17-18H,1-10H2/t13-,14-/m0/s1. The zero-order valence-corrected chi connectivity index (χ0v) is 12.9. The minimum absolute atomic E-state index is 0.225. The second-order valence-corrected chi connectivity index (χ2v) is 6.28. The van der Waals surface area contributed by atoms with Crippen molar-refractivity contribution in [2.45, 2.75) is 88.6 Å². The Bertz CT molecular complexity index is 335. The Labute approximate surface area is 130 Å². The van der Waals surface area contributed by atoms with E-state index in [0.29, 0.717) is 0 Å². The highest BCUT2D eigenvalue weighted by Gasteiger charge is 2.35. The zero-order valence-electron chi connectivity index (χ0n) is 12.9. The molecular weight excluding hydrogens is 288 g/mol. The average molecular weight is 314 g/mol. The van der Waals surface area contributed by atoms with Crippen LogP contribution in [0.2, 0.25) is 0 Å². The van der Waals surface area contributed by atoms with Crippen LogP contribution in [-0.4, -0.2) is 46.6 Å². The lowest BCUT2D eigenvalue weighted by molar-refractivity contribution is -0.180. The Morgan fingerprint density at radius 2 is 1.00 bits per heavy atom. The fourth-order valence-electron chi connectivity index (χ4n) is 3.09. The molecule has 0 bridgehead atoms. The number of aliphatic hydroxyl groups is 2. The number of carbonyl (C=O) groups excluding carboxylic acids is 2. The van der Waals surface area contributed by atoms with E-state index in [1.165, 1.54) is 0 Å². The summed E-state index contributed by atoms with van der Waals surface area (Å²) in [4.78, 5) is 23.6. The fourth-order valence-corrected chi connectivity index (χ4v) is 3.09. The van der Waals surface area contributed by atoms with Crippen LogP contribution in [0, 0.1) is 0 Å². The molecule has 0 amide bonds. The lowest BCUT2D eigenvalue weighted by Crippen LogP contribution is -2.44. The zero-order chi connectivity index (χ0) is 15.9. The van der Waals surface area contributed by atoms with Gasteiger partial charge in [0.1, 0.15) is 12.2 Å². The third-order valence-electron chi connectivity index (χ3n) is 4.45. The van der Waals surface area contributed by atoms with Crippen molar-refractivity contribution in [1.82, 2.24) is 0 Å². The van der Waals surface area contributed by atoms with E-state index < -0.39 is 24.1 Å². The molecule has 0 aromatic carbocycles. The fraction of sp³-hybridized carbons (Fsp3) is 0.875. The molecule has 0 aromatic rings. The molecule has 6 heteroatoms. The van der Waals surface area contributed by atoms with E-state index >= 15 is 0 Å². The van der Waals surface area contributed by atoms with Crippen LogP contribution in [0.3, 0.4) is 0 Å². The topological polar surface area (TPSA) is 93.1 Å². The van der Waals surface area contributed by atoms with E-state index in [-0.39, 0.29) is 12.2 Å². The van der Waals surface area contributed by atoms with Crippen molar-refractivity contribution in [3.05, 3.63) is 0 Å². The van der Waals surface area contributed by atoms with E-state index in [1.54, 1.807) is 0 Å². The molecule has 2 atom stereocenters. The molecule has 0 unspecified atom stereocenters. The first kappa shape index (κ1) is 17.2. The maximum Gasteiger partial charge on any atom is 0.338 e. The van der Waals surface area contributed by atoms with Gasteiger partial charge in [-0.3, -0.25) is 0 Å². The van der Waals surface area contributed by atoms with Gasteiger partial charge in [-0.15, -0.1) is 0 Å². The number of carbonyl (C=O) groups is 2. The Hall–Kier alpha value is -1.14. The SMILES string of the molecule is O=C(OC1CCCCC1)[C@@H](O)[C@H](O)C(=O)OC1CCCCC1. The van der Waals surface area contributed by atoms with Crippen LogP contribution in [0.25, 0.3) is 0 Å². The monoisotopic (exact) mass is 314 g/mol. The van der Waals surface area contributed by atoms with Crippen LogP contribution in [0.5, 0.6) is 0 Å². The molecule has 2 N–H and O–H groups in total. The van der Waals surface area contributed by atoms with E-state index in [0.717, 1.165) is 64.2 Å². The summed E-state index contributed by atoms with van der Waals surface area (Å²) in [6.45, 7) is 0. The molecular formula is C16H26O6. The number of aliphatic hydroxyl groups excluding tert-OH is 2. The summed E-state index contributed by atoms with van der Waals surface area (Å²) in [5, 5.41) is 19.6. The Morgan fingerprint density at radius 3 is 1.32 bits per heavy atom. The van der Waals surface area contributed by atoms with Gasteiger partial charge >= 0.3 is 11.9 Å². The minimum atomic E-state index is -1.88. The maximum absolute atomic E-state index is 11.8. The first-order valence-corrected chi connectivity index (χ1v) is 8.35. The van der Waals surface area contributed by atoms with E-state index in [1.807, 2.05) is 0 Å². The lowest BCUT2D eigenvalue weighted by atomic mass is 9.97. The van der Waals surface area contributed by atoms with Gasteiger partial charge in [0, 0.05) is 0 Å². The molecule has 0 aromatic heterocycles. The number of hydrogen-bond donors (Lipinski definition) is 2. The largest absolute Gasteiger partial charge is 0.460 e. The van der Waals surface area contributed by atoms with Crippen molar-refractivity contribution in [2.24, 2.45) is 0 Å². The highest BCUT2D eigenvalue weighted by molar-refractivity contribution is 5.85. The van der Waals surface area contributed by atoms with E-state index in [2.05, 4.69) is 0 Å². The summed E-state index contributed by atoms with van der Waals surface area (Å²) in [6, 6.07) is 0. The van der Waals surface area contributed by atoms with E-state index in [4.69, 9.17) is 9.47 Å². The van der Waals surface area contributed by atoms with Crippen molar-refractivity contribution >= 4 is 11.9 Å². The molecule has 126 valence electrons. The number of ether oxygens (including phenoxy) is 2. The van der Waals surface area contributed by atoms with Crippen LogP contribution < -0.4 is 0 Å². The Morgan fingerprint density at radius 1 is 0.682 bits per heavy atom. The van der Waals surface area contributed by atoms with Gasteiger partial charge in [0.2, 0.25) is 0 Å². The first-order valence-electron chi connectivity index (χ1n) is 8.35. The van der Waals surface area contributed by atoms with Crippen LogP contribution >= 0.6 is 0 Å². The summed E-state index contributed by atoms with van der Waals surface area (Å²) >= 11 is 0. The third-order valence-corrected chi connectivity index (χ3v) is 4.45. The molecule has 0 saturated heterocycles. The summed E-state index contributed by atoms with van der Waals surface area (Å²) in [7, 11) is 0. The Balaban J connectivity index is 1.77. The van der Waals surface area contributed by atoms with Gasteiger partial charge in [0.15, 0.2) is 12.2 Å². The molecule has 2 aliphatic rings. The second-order valence-electron chi connectivity index (χ2n) is 6.28. The number of rotatable bonds is 5. The van der Waals surface area contributed by atoms with Crippen molar-refractivity contribution < 1.29 is 29.3 Å². The summed E-state index contributed by atoms with van der Waals surface area (Å²) in [5.41, 5.74) is 0. The quantitative estimate of drug-likeness (QED) is 0.746. The molecule has 0 spiro atoms. The second kappa shape index (κ2) is 8.48. The van der Waals surface area contributed by atoms with Gasteiger partial charge < -0.3 is 19.7 Å². The minimum Gasteiger partial charge on any atom is -0.460 e. The molecule has 2 aliphatic carbocycles. The van der Waals surface area contributed by atoms with E-state index in [9.17, 15) is 19.8 Å². The highest BCUT2D eigenvalue weighted by Crippen LogP contribution is 2.22. The molecule has 22 heavy (non-hydrogen) atoms. The Kier molecular flexibility index (Phi) is 6.64. The molecule has 2 saturated carbocycles. The molecule has 2 rings (SSSR count). The van der Waals surface area contributed by atoms with Crippen LogP contribution in [-0.2, 0) is 19.1 Å². The van der Waals surface area contributed by atoms with Gasteiger partial charge in [-0.1, -0.05) is 12.8 Å². The van der Waals surface area contributed by atoms with Gasteiger partial charge in [0.05, 0.1) is 0 Å². The first-order chi connectivity index (χ1) is 10.6. The third kappa shape index (κ3) is 4.95. The molecule has 0 heterocycles. The van der Waals surface area contributed by atoms with Crippen molar-refractivity contribution in [1.29, 1.82) is 0 Å². The van der Waals surface area contributed by atoms with Gasteiger partial charge in [-0.05, 0) is 51.4 Å². The normalized spacial score (nSPS) is 23.5. The summed E-state index contributed by atoms with van der Waals surface area (Å²) < 4.78 is 10.3. The van der Waals surface area contributed by atoms with Crippen LogP contribution in [0.1, 0.15) is 64.2 Å².